The molecule has 0 bridgehead atoms. The number of carbonyl (C=O) groups excluding carboxylic acids is 1. The maximum Gasteiger partial charge on any atom is 0.417 e. The van der Waals surface area contributed by atoms with Gasteiger partial charge >= 0.3 is 6.18 Å². The molecule has 0 radical (unpaired) electrons. The van der Waals surface area contributed by atoms with Crippen LogP contribution >= 0.6 is 11.8 Å². The SMILES string of the molecule is CON(C)C(=O)CSc1ccc(C(F)(F)F)cn1. The topological polar surface area (TPSA) is 42.4 Å². The molecule has 1 aromatic rings. The Kier molecular flexibility index (Phi) is 4.97. The highest BCUT2D eigenvalue weighted by atomic mass is 32.2. The van der Waals surface area contributed by atoms with E-state index in [1.54, 1.807) is 0 Å². The molecule has 0 saturated heterocycles. The van der Waals surface area contributed by atoms with Gasteiger partial charge in [0.2, 0.25) is 0 Å². The van der Waals surface area contributed by atoms with Crippen LogP contribution in [0.1, 0.15) is 5.56 Å². The number of pyridine rings is 1. The van der Waals surface area contributed by atoms with Crippen LogP contribution in [0, 0.1) is 0 Å². The molecule has 0 aromatic carbocycles. The highest BCUT2D eigenvalue weighted by molar-refractivity contribution is 7.99. The number of halogens is 3. The fraction of sp³-hybridized carbons (Fsp3) is 0.400. The normalized spacial score (nSPS) is 11.4. The highest BCUT2D eigenvalue weighted by Crippen LogP contribution is 2.29. The molecule has 0 aliphatic heterocycles. The Bertz CT molecular complexity index is 409. The molecule has 1 heterocycles. The average Bonchev–Trinajstić information content (AvgIpc) is 2.34. The van der Waals surface area contributed by atoms with E-state index >= 15 is 0 Å². The van der Waals surface area contributed by atoms with Crippen molar-refractivity contribution in [2.75, 3.05) is 19.9 Å². The second-order valence-corrected chi connectivity index (χ2v) is 4.24. The minimum atomic E-state index is -4.40. The Morgan fingerprint density at radius 3 is 2.61 bits per heavy atom. The first-order chi connectivity index (χ1) is 8.34. The summed E-state index contributed by atoms with van der Waals surface area (Å²) in [5, 5.41) is 1.39. The molecule has 0 fully saturated rings. The number of hydrogen-bond acceptors (Lipinski definition) is 4. The van der Waals surface area contributed by atoms with Gasteiger partial charge in [-0.15, -0.1) is 0 Å². The zero-order valence-corrected chi connectivity index (χ0v) is 10.5. The Labute approximate surface area is 106 Å². The van der Waals surface area contributed by atoms with E-state index in [0.29, 0.717) is 5.03 Å². The summed E-state index contributed by atoms with van der Waals surface area (Å²) in [4.78, 5) is 19.6. The molecule has 100 valence electrons. The minimum Gasteiger partial charge on any atom is -0.275 e. The van der Waals surface area contributed by atoms with Crippen LogP contribution in [0.2, 0.25) is 0 Å². The molecule has 8 heteroatoms. The molecule has 18 heavy (non-hydrogen) atoms. The summed E-state index contributed by atoms with van der Waals surface area (Å²) in [6.07, 6.45) is -3.66. The lowest BCUT2D eigenvalue weighted by atomic mass is 10.3. The van der Waals surface area contributed by atoms with Crippen molar-refractivity contribution in [3.63, 3.8) is 0 Å². The Hall–Kier alpha value is -1.28. The molecule has 1 amide bonds. The van der Waals surface area contributed by atoms with Crippen LogP contribution in [0.5, 0.6) is 0 Å². The number of amides is 1. The van der Waals surface area contributed by atoms with Crippen molar-refractivity contribution in [3.8, 4) is 0 Å². The molecule has 4 nitrogen and oxygen atoms in total. The number of aromatic nitrogens is 1. The fourth-order valence-corrected chi connectivity index (χ4v) is 1.71. The lowest BCUT2D eigenvalue weighted by Crippen LogP contribution is -2.26. The number of hydroxylamine groups is 2. The molecule has 0 saturated carbocycles. The van der Waals surface area contributed by atoms with E-state index in [-0.39, 0.29) is 11.7 Å². The van der Waals surface area contributed by atoms with Gasteiger partial charge in [0.25, 0.3) is 5.91 Å². The lowest BCUT2D eigenvalue weighted by Gasteiger charge is -2.12. The summed E-state index contributed by atoms with van der Waals surface area (Å²) in [7, 11) is 2.79. The number of thioether (sulfide) groups is 1. The molecule has 0 aliphatic rings. The lowest BCUT2D eigenvalue weighted by molar-refractivity contribution is -0.165. The van der Waals surface area contributed by atoms with E-state index in [1.165, 1.54) is 20.2 Å². The Morgan fingerprint density at radius 2 is 2.17 bits per heavy atom. The standard InChI is InChI=1S/C10H11F3N2O2S/c1-15(17-2)9(16)6-18-8-4-3-7(5-14-8)10(11,12)13/h3-5H,6H2,1-2H3. The van der Waals surface area contributed by atoms with Gasteiger partial charge in [-0.3, -0.25) is 9.63 Å². The largest absolute Gasteiger partial charge is 0.417 e. The summed E-state index contributed by atoms with van der Waals surface area (Å²) in [5.41, 5.74) is -0.813. The smallest absolute Gasteiger partial charge is 0.275 e. The maximum absolute atomic E-state index is 12.3. The second-order valence-electron chi connectivity index (χ2n) is 3.25. The van der Waals surface area contributed by atoms with Gasteiger partial charge in [-0.1, -0.05) is 11.8 Å². The molecule has 0 spiro atoms. The molecular formula is C10H11F3N2O2S. The Balaban J connectivity index is 2.57. The predicted octanol–water partition coefficient (Wildman–Crippen LogP) is 2.21. The van der Waals surface area contributed by atoms with E-state index in [0.717, 1.165) is 29.1 Å². The summed E-state index contributed by atoms with van der Waals surface area (Å²) in [6, 6.07) is 2.16. The van der Waals surface area contributed by atoms with Crippen molar-refractivity contribution in [2.45, 2.75) is 11.2 Å². The van der Waals surface area contributed by atoms with E-state index in [1.807, 2.05) is 0 Å². The third kappa shape index (κ3) is 4.19. The van der Waals surface area contributed by atoms with Crippen LogP contribution in [0.15, 0.2) is 23.4 Å². The molecule has 0 aliphatic carbocycles. The highest BCUT2D eigenvalue weighted by Gasteiger charge is 2.30. The molecule has 1 rings (SSSR count). The quantitative estimate of drug-likeness (QED) is 0.626. The first kappa shape index (κ1) is 14.8. The third-order valence-electron chi connectivity index (χ3n) is 2.03. The van der Waals surface area contributed by atoms with Gasteiger partial charge in [-0.2, -0.15) is 13.2 Å². The van der Waals surface area contributed by atoms with E-state index in [9.17, 15) is 18.0 Å². The number of hydrogen-bond donors (Lipinski definition) is 0. The van der Waals surface area contributed by atoms with E-state index < -0.39 is 11.7 Å². The zero-order valence-electron chi connectivity index (χ0n) is 9.69. The molecule has 0 unspecified atom stereocenters. The molecular weight excluding hydrogens is 269 g/mol. The van der Waals surface area contributed by atoms with Gasteiger partial charge in [-0.05, 0) is 12.1 Å². The first-order valence-corrected chi connectivity index (χ1v) is 5.80. The molecule has 1 aromatic heterocycles. The van der Waals surface area contributed by atoms with E-state index in [2.05, 4.69) is 9.82 Å². The average molecular weight is 280 g/mol. The van der Waals surface area contributed by atoms with Crippen LogP contribution in [-0.4, -0.2) is 35.9 Å². The monoisotopic (exact) mass is 280 g/mol. The summed E-state index contributed by atoms with van der Waals surface area (Å²) >= 11 is 1.04. The number of carbonyl (C=O) groups is 1. The van der Waals surface area contributed by atoms with Gasteiger partial charge in [-0.25, -0.2) is 10.0 Å². The van der Waals surface area contributed by atoms with Crippen LogP contribution in [-0.2, 0) is 15.8 Å². The third-order valence-corrected chi connectivity index (χ3v) is 2.96. The fourth-order valence-electron chi connectivity index (χ4n) is 0.962. The second kappa shape index (κ2) is 6.05. The van der Waals surface area contributed by atoms with Crippen molar-refractivity contribution in [1.29, 1.82) is 0 Å². The van der Waals surface area contributed by atoms with Gasteiger partial charge in [0.1, 0.15) is 0 Å². The van der Waals surface area contributed by atoms with Crippen molar-refractivity contribution >= 4 is 17.7 Å². The van der Waals surface area contributed by atoms with Crippen molar-refractivity contribution in [1.82, 2.24) is 10.0 Å². The number of nitrogens with zero attached hydrogens (tertiary/aromatic N) is 2. The van der Waals surface area contributed by atoms with E-state index in [4.69, 9.17) is 0 Å². The van der Waals surface area contributed by atoms with Crippen LogP contribution in [0.25, 0.3) is 0 Å². The first-order valence-electron chi connectivity index (χ1n) is 4.81. The van der Waals surface area contributed by atoms with Crippen LogP contribution in [0.3, 0.4) is 0 Å². The Morgan fingerprint density at radius 1 is 1.50 bits per heavy atom. The summed E-state index contributed by atoms with van der Waals surface area (Å²) < 4.78 is 36.8. The molecule has 0 N–H and O–H groups in total. The number of rotatable bonds is 4. The maximum atomic E-state index is 12.3. The van der Waals surface area contributed by atoms with Crippen molar-refractivity contribution in [2.24, 2.45) is 0 Å². The van der Waals surface area contributed by atoms with Gasteiger partial charge in [0, 0.05) is 13.2 Å². The van der Waals surface area contributed by atoms with Crippen molar-refractivity contribution in [3.05, 3.63) is 23.9 Å². The minimum absolute atomic E-state index is 0.0443. The summed E-state index contributed by atoms with van der Waals surface area (Å²) in [5.74, 6) is -0.257. The van der Waals surface area contributed by atoms with Gasteiger partial charge in [0.05, 0.1) is 23.5 Å². The zero-order chi connectivity index (χ0) is 13.8. The van der Waals surface area contributed by atoms with Crippen LogP contribution < -0.4 is 0 Å². The number of alkyl halides is 3. The predicted molar refractivity (Wildman–Crippen MR) is 59.7 cm³/mol. The van der Waals surface area contributed by atoms with Gasteiger partial charge in [0.15, 0.2) is 0 Å². The van der Waals surface area contributed by atoms with Crippen molar-refractivity contribution < 1.29 is 22.8 Å². The van der Waals surface area contributed by atoms with Gasteiger partial charge < -0.3 is 0 Å². The molecule has 0 atom stereocenters. The van der Waals surface area contributed by atoms with Crippen LogP contribution in [0.4, 0.5) is 13.2 Å². The summed E-state index contributed by atoms with van der Waals surface area (Å²) in [6.45, 7) is 0.